The Bertz CT molecular complexity index is 249. The minimum atomic E-state index is -0.279. The Hall–Kier alpha value is -0.0800. The Morgan fingerprint density at radius 3 is 2.33 bits per heavy atom. The molecule has 2 nitrogen and oxygen atoms in total. The molecule has 4 bridgehead atoms. The summed E-state index contributed by atoms with van der Waals surface area (Å²) < 4.78 is 0. The molecular formula is C13H23NO. The van der Waals surface area contributed by atoms with Crippen LogP contribution in [0.2, 0.25) is 0 Å². The third-order valence-corrected chi connectivity index (χ3v) is 5.06. The van der Waals surface area contributed by atoms with Crippen molar-refractivity contribution in [3.8, 4) is 0 Å². The van der Waals surface area contributed by atoms with Crippen molar-refractivity contribution in [2.45, 2.75) is 57.0 Å². The van der Waals surface area contributed by atoms with Gasteiger partial charge in [-0.05, 0) is 75.2 Å². The normalized spacial score (nSPS) is 52.4. The van der Waals surface area contributed by atoms with Gasteiger partial charge in [0.15, 0.2) is 0 Å². The molecule has 4 fully saturated rings. The highest BCUT2D eigenvalue weighted by Gasteiger charge is 2.56. The zero-order chi connectivity index (χ0) is 10.5. The van der Waals surface area contributed by atoms with Crippen molar-refractivity contribution in [3.63, 3.8) is 0 Å². The fourth-order valence-electron chi connectivity index (χ4n) is 5.17. The largest absolute Gasteiger partial charge is 0.390 e. The van der Waals surface area contributed by atoms with Crippen molar-refractivity contribution in [1.82, 2.24) is 0 Å². The Labute approximate surface area is 92.2 Å². The van der Waals surface area contributed by atoms with E-state index in [2.05, 4.69) is 0 Å². The minimum Gasteiger partial charge on any atom is -0.390 e. The van der Waals surface area contributed by atoms with Crippen molar-refractivity contribution >= 4 is 0 Å². The Balaban J connectivity index is 1.80. The first-order valence-electron chi connectivity index (χ1n) is 6.56. The molecule has 0 aromatic carbocycles. The van der Waals surface area contributed by atoms with Gasteiger partial charge >= 0.3 is 0 Å². The van der Waals surface area contributed by atoms with Gasteiger partial charge in [0.2, 0.25) is 0 Å². The number of rotatable bonds is 3. The van der Waals surface area contributed by atoms with Gasteiger partial charge in [-0.25, -0.2) is 0 Å². The quantitative estimate of drug-likeness (QED) is 0.747. The van der Waals surface area contributed by atoms with Crippen LogP contribution in [-0.2, 0) is 0 Å². The molecule has 0 heterocycles. The number of hydrogen-bond acceptors (Lipinski definition) is 2. The molecule has 0 radical (unpaired) electrons. The highest BCUT2D eigenvalue weighted by atomic mass is 16.3. The van der Waals surface area contributed by atoms with Crippen molar-refractivity contribution < 1.29 is 5.11 Å². The van der Waals surface area contributed by atoms with Gasteiger partial charge in [-0.2, -0.15) is 0 Å². The lowest BCUT2D eigenvalue weighted by Crippen LogP contribution is -2.55. The summed E-state index contributed by atoms with van der Waals surface area (Å²) in [6.07, 6.45) is 9.83. The topological polar surface area (TPSA) is 46.2 Å². The molecule has 0 aromatic heterocycles. The summed E-state index contributed by atoms with van der Waals surface area (Å²) in [5, 5.41) is 10.5. The van der Waals surface area contributed by atoms with E-state index in [-0.39, 0.29) is 5.60 Å². The summed E-state index contributed by atoms with van der Waals surface area (Å²) >= 11 is 0. The lowest BCUT2D eigenvalue weighted by Gasteiger charge is -2.60. The summed E-state index contributed by atoms with van der Waals surface area (Å²) in [6.45, 7) is 0.815. The molecular weight excluding hydrogens is 186 g/mol. The van der Waals surface area contributed by atoms with Gasteiger partial charge in [0.1, 0.15) is 0 Å². The van der Waals surface area contributed by atoms with E-state index in [0.717, 1.165) is 44.1 Å². The van der Waals surface area contributed by atoms with Gasteiger partial charge in [-0.15, -0.1) is 0 Å². The van der Waals surface area contributed by atoms with E-state index in [1.807, 2.05) is 0 Å². The molecule has 86 valence electrons. The van der Waals surface area contributed by atoms with Crippen molar-refractivity contribution in [1.29, 1.82) is 0 Å². The second-order valence-corrected chi connectivity index (χ2v) is 6.58. The fraction of sp³-hybridized carbons (Fsp3) is 1.00. The van der Waals surface area contributed by atoms with Gasteiger partial charge < -0.3 is 10.8 Å². The lowest BCUT2D eigenvalue weighted by molar-refractivity contribution is -0.165. The smallest absolute Gasteiger partial charge is 0.0658 e. The molecule has 2 heteroatoms. The van der Waals surface area contributed by atoms with E-state index >= 15 is 0 Å². The summed E-state index contributed by atoms with van der Waals surface area (Å²) in [5.41, 5.74) is 5.83. The maximum Gasteiger partial charge on any atom is 0.0658 e. The fourth-order valence-corrected chi connectivity index (χ4v) is 5.17. The monoisotopic (exact) mass is 209 g/mol. The van der Waals surface area contributed by atoms with Crippen LogP contribution >= 0.6 is 0 Å². The average molecular weight is 209 g/mol. The van der Waals surface area contributed by atoms with Gasteiger partial charge in [-0.3, -0.25) is 0 Å². The summed E-state index contributed by atoms with van der Waals surface area (Å²) in [6, 6.07) is 0. The molecule has 2 atom stereocenters. The van der Waals surface area contributed by atoms with Crippen LogP contribution in [0.25, 0.3) is 0 Å². The zero-order valence-electron chi connectivity index (χ0n) is 9.54. The van der Waals surface area contributed by atoms with Gasteiger partial charge in [0.25, 0.3) is 0 Å². The second-order valence-electron chi connectivity index (χ2n) is 6.58. The number of aliphatic hydroxyl groups is 1. The van der Waals surface area contributed by atoms with E-state index in [1.165, 1.54) is 25.7 Å². The zero-order valence-corrected chi connectivity index (χ0v) is 9.54. The molecule has 3 N–H and O–H groups in total. The van der Waals surface area contributed by atoms with E-state index < -0.39 is 0 Å². The van der Waals surface area contributed by atoms with E-state index in [1.54, 1.807) is 0 Å². The van der Waals surface area contributed by atoms with Crippen LogP contribution in [0.15, 0.2) is 0 Å². The molecule has 0 aliphatic heterocycles. The van der Waals surface area contributed by atoms with Gasteiger partial charge in [-0.1, -0.05) is 0 Å². The summed E-state index contributed by atoms with van der Waals surface area (Å²) in [5.74, 6) is 1.66. The van der Waals surface area contributed by atoms with Gasteiger partial charge in [0.05, 0.1) is 5.60 Å². The third kappa shape index (κ3) is 1.62. The third-order valence-electron chi connectivity index (χ3n) is 5.06. The van der Waals surface area contributed by atoms with E-state index in [0.29, 0.717) is 5.41 Å². The Morgan fingerprint density at radius 2 is 1.80 bits per heavy atom. The molecule has 4 saturated carbocycles. The van der Waals surface area contributed by atoms with Crippen molar-refractivity contribution in [3.05, 3.63) is 0 Å². The van der Waals surface area contributed by atoms with E-state index in [4.69, 9.17) is 5.73 Å². The Kier molecular flexibility index (Phi) is 2.16. The first-order valence-corrected chi connectivity index (χ1v) is 6.56. The predicted octanol–water partition coefficient (Wildman–Crippen LogP) is 2.06. The van der Waals surface area contributed by atoms with Crippen LogP contribution in [0.4, 0.5) is 0 Å². The van der Waals surface area contributed by atoms with Crippen molar-refractivity contribution in [2.24, 2.45) is 23.0 Å². The molecule has 4 aliphatic rings. The number of hydrogen-bond donors (Lipinski definition) is 2. The summed E-state index contributed by atoms with van der Waals surface area (Å²) in [4.78, 5) is 0. The SMILES string of the molecule is NCCCC12CC3CC(CC(O)(C3)C1)C2. The molecule has 4 aliphatic carbocycles. The van der Waals surface area contributed by atoms with Crippen molar-refractivity contribution in [2.75, 3.05) is 6.54 Å². The first kappa shape index (κ1) is 10.1. The molecule has 15 heavy (non-hydrogen) atoms. The second kappa shape index (κ2) is 3.21. The van der Waals surface area contributed by atoms with Gasteiger partial charge in [0, 0.05) is 0 Å². The first-order chi connectivity index (χ1) is 7.13. The Morgan fingerprint density at radius 1 is 1.13 bits per heavy atom. The molecule has 0 saturated heterocycles. The van der Waals surface area contributed by atoms with Crippen LogP contribution < -0.4 is 5.73 Å². The maximum absolute atomic E-state index is 10.5. The predicted molar refractivity (Wildman–Crippen MR) is 60.4 cm³/mol. The molecule has 2 unspecified atom stereocenters. The lowest BCUT2D eigenvalue weighted by atomic mass is 9.47. The molecule has 0 aromatic rings. The van der Waals surface area contributed by atoms with E-state index in [9.17, 15) is 5.11 Å². The number of nitrogens with two attached hydrogens (primary N) is 1. The van der Waals surface area contributed by atoms with Crippen LogP contribution in [0, 0.1) is 17.3 Å². The van der Waals surface area contributed by atoms with Crippen LogP contribution in [0.5, 0.6) is 0 Å². The standard InChI is InChI=1S/C13H23NO/c14-3-1-2-12-5-10-4-11(6-12)8-13(15,7-10)9-12/h10-11,15H,1-9,14H2. The average Bonchev–Trinajstić information content (AvgIpc) is 2.10. The highest BCUT2D eigenvalue weighted by molar-refractivity contribution is 5.08. The van der Waals surface area contributed by atoms with Crippen LogP contribution in [-0.4, -0.2) is 17.3 Å². The molecule has 0 amide bonds. The molecule has 4 rings (SSSR count). The summed E-state index contributed by atoms with van der Waals surface area (Å²) in [7, 11) is 0. The minimum absolute atomic E-state index is 0.279. The molecule has 0 spiro atoms. The highest BCUT2D eigenvalue weighted by Crippen LogP contribution is 2.62. The van der Waals surface area contributed by atoms with Crippen LogP contribution in [0.3, 0.4) is 0 Å². The van der Waals surface area contributed by atoms with Crippen LogP contribution in [0.1, 0.15) is 51.4 Å². The maximum atomic E-state index is 10.5.